The van der Waals surface area contributed by atoms with E-state index in [-0.39, 0.29) is 0 Å². The zero-order chi connectivity index (χ0) is 12.8. The van der Waals surface area contributed by atoms with Crippen molar-refractivity contribution in [1.82, 2.24) is 0 Å². The third-order valence-corrected chi connectivity index (χ3v) is 2.43. The van der Waals surface area contributed by atoms with Crippen molar-refractivity contribution >= 4 is 32.3 Å². The Morgan fingerprint density at radius 3 is 2.00 bits per heavy atom. The summed E-state index contributed by atoms with van der Waals surface area (Å²) in [5, 5.41) is 0. The third-order valence-electron chi connectivity index (χ3n) is 2.24. The van der Waals surface area contributed by atoms with Gasteiger partial charge < -0.3 is 0 Å². The van der Waals surface area contributed by atoms with E-state index in [9.17, 15) is 0 Å². The maximum absolute atomic E-state index is 5.60. The number of hydrogen-bond acceptors (Lipinski definition) is 1. The summed E-state index contributed by atoms with van der Waals surface area (Å²) >= 11 is 2.67. The number of nitrogens with zero attached hydrogens (tertiary/aromatic N) is 2. The number of aliphatic imine (C=N–C) groups is 2. The molecule has 18 heavy (non-hydrogen) atoms. The van der Waals surface area contributed by atoms with Gasteiger partial charge in [-0.05, 0) is 0 Å². The summed E-state index contributed by atoms with van der Waals surface area (Å²) in [5.41, 5.74) is 7.38. The Morgan fingerprint density at radius 2 is 1.44 bits per heavy atom. The van der Waals surface area contributed by atoms with Gasteiger partial charge in [0.2, 0.25) is 0 Å². The second kappa shape index (κ2) is 6.15. The molecule has 0 saturated heterocycles. The van der Waals surface area contributed by atoms with Gasteiger partial charge in [0.15, 0.2) is 0 Å². The van der Waals surface area contributed by atoms with Crippen LogP contribution >= 0.6 is 0 Å². The molecule has 0 bridgehead atoms. The predicted molar refractivity (Wildman–Crippen MR) is 76.5 cm³/mol. The molecule has 0 heterocycles. The molecule has 2 aromatic rings. The van der Waals surface area contributed by atoms with Gasteiger partial charge in [0, 0.05) is 0 Å². The van der Waals surface area contributed by atoms with Crippen molar-refractivity contribution in [3.63, 3.8) is 0 Å². The van der Waals surface area contributed by atoms with Gasteiger partial charge in [-0.15, -0.1) is 0 Å². The fraction of sp³-hybridized carbons (Fsp3) is 0. The van der Waals surface area contributed by atoms with Crippen molar-refractivity contribution in [1.29, 1.82) is 0 Å². The molecule has 2 aromatic carbocycles. The molecule has 0 aliphatic heterocycles. The molecule has 0 saturated carbocycles. The van der Waals surface area contributed by atoms with Gasteiger partial charge in [0.25, 0.3) is 0 Å². The van der Waals surface area contributed by atoms with Crippen molar-refractivity contribution in [2.45, 2.75) is 0 Å². The van der Waals surface area contributed by atoms with Gasteiger partial charge in [-0.3, -0.25) is 0 Å². The van der Waals surface area contributed by atoms with Crippen LogP contribution < -0.4 is 5.73 Å². The fourth-order valence-electron chi connectivity index (χ4n) is 1.47. The van der Waals surface area contributed by atoms with Gasteiger partial charge >= 0.3 is 114 Å². The standard InChI is InChI=1S/C14H12N3Se/c15-14(18)17-13(11-7-3-1-4-8-11)16-12-9-5-2-6-10-12/h1-10H,(H2,15,16,17). The minimum absolute atomic E-state index is 0.369. The van der Waals surface area contributed by atoms with E-state index in [1.165, 1.54) is 0 Å². The topological polar surface area (TPSA) is 50.7 Å². The summed E-state index contributed by atoms with van der Waals surface area (Å²) in [4.78, 5) is 8.73. The summed E-state index contributed by atoms with van der Waals surface area (Å²) < 4.78 is 0.369. The molecule has 89 valence electrons. The van der Waals surface area contributed by atoms with Crippen LogP contribution in [-0.2, 0) is 0 Å². The molecule has 3 nitrogen and oxygen atoms in total. The quantitative estimate of drug-likeness (QED) is 0.516. The van der Waals surface area contributed by atoms with E-state index in [4.69, 9.17) is 5.73 Å². The second-order valence-electron chi connectivity index (χ2n) is 3.59. The van der Waals surface area contributed by atoms with E-state index in [2.05, 4.69) is 26.0 Å². The Labute approximate surface area is 114 Å². The Bertz CT molecular complexity index is 558. The average molecular weight is 301 g/mol. The van der Waals surface area contributed by atoms with Crippen molar-refractivity contribution in [2.24, 2.45) is 15.7 Å². The first kappa shape index (κ1) is 12.6. The third kappa shape index (κ3) is 3.55. The van der Waals surface area contributed by atoms with E-state index < -0.39 is 0 Å². The van der Waals surface area contributed by atoms with Crippen LogP contribution in [-0.4, -0.2) is 26.6 Å². The predicted octanol–water partition coefficient (Wildman–Crippen LogP) is 2.25. The first-order valence-electron chi connectivity index (χ1n) is 5.46. The molecular formula is C14H12N3Se. The normalized spacial score (nSPS) is 12.4. The van der Waals surface area contributed by atoms with Gasteiger partial charge in [-0.2, -0.15) is 0 Å². The molecule has 0 aliphatic carbocycles. The first-order chi connectivity index (χ1) is 8.75. The zero-order valence-electron chi connectivity index (χ0n) is 9.65. The van der Waals surface area contributed by atoms with Crippen LogP contribution in [0.2, 0.25) is 0 Å². The van der Waals surface area contributed by atoms with E-state index in [1.807, 2.05) is 60.7 Å². The molecule has 1 radical (unpaired) electrons. The van der Waals surface area contributed by atoms with Crippen LogP contribution in [0.4, 0.5) is 5.69 Å². The van der Waals surface area contributed by atoms with Crippen LogP contribution in [0.3, 0.4) is 0 Å². The maximum atomic E-state index is 5.60. The number of amidine groups is 2. The van der Waals surface area contributed by atoms with Crippen molar-refractivity contribution < 1.29 is 0 Å². The Morgan fingerprint density at radius 1 is 0.889 bits per heavy atom. The molecule has 0 unspecified atom stereocenters. The van der Waals surface area contributed by atoms with E-state index in [1.54, 1.807) is 0 Å². The minimum atomic E-state index is 0.369. The van der Waals surface area contributed by atoms with Crippen molar-refractivity contribution in [3.8, 4) is 0 Å². The van der Waals surface area contributed by atoms with Gasteiger partial charge in [0.1, 0.15) is 0 Å². The number of benzene rings is 2. The zero-order valence-corrected chi connectivity index (χ0v) is 11.4. The number of hydrogen-bond donors (Lipinski definition) is 1. The van der Waals surface area contributed by atoms with E-state index >= 15 is 0 Å². The van der Waals surface area contributed by atoms with E-state index in [0.717, 1.165) is 11.3 Å². The molecule has 4 heteroatoms. The SMILES string of the molecule is NC([Se])=NC(=Nc1ccccc1)c1ccccc1. The molecule has 2 rings (SSSR count). The molecule has 0 spiro atoms. The second-order valence-corrected chi connectivity index (χ2v) is 4.46. The number of rotatable bonds is 2. The fourth-order valence-corrected chi connectivity index (χ4v) is 1.65. The van der Waals surface area contributed by atoms with Gasteiger partial charge in [0.05, 0.1) is 0 Å². The van der Waals surface area contributed by atoms with Gasteiger partial charge in [-0.25, -0.2) is 0 Å². The van der Waals surface area contributed by atoms with Crippen LogP contribution in [0.25, 0.3) is 0 Å². The van der Waals surface area contributed by atoms with Crippen LogP contribution in [0.5, 0.6) is 0 Å². The monoisotopic (exact) mass is 302 g/mol. The molecule has 0 aliphatic rings. The molecule has 0 aromatic heterocycles. The Kier molecular flexibility index (Phi) is 4.29. The summed E-state index contributed by atoms with van der Waals surface area (Å²) in [6.07, 6.45) is 0. The van der Waals surface area contributed by atoms with Gasteiger partial charge in [-0.1, -0.05) is 0 Å². The van der Waals surface area contributed by atoms with Crippen molar-refractivity contribution in [3.05, 3.63) is 66.2 Å². The Hall–Kier alpha value is -1.90. The molecular weight excluding hydrogens is 289 g/mol. The van der Waals surface area contributed by atoms with Crippen LogP contribution in [0, 0.1) is 0 Å². The van der Waals surface area contributed by atoms with Crippen LogP contribution in [0.15, 0.2) is 70.6 Å². The van der Waals surface area contributed by atoms with Crippen LogP contribution in [0.1, 0.15) is 5.56 Å². The molecule has 2 N–H and O–H groups in total. The van der Waals surface area contributed by atoms with E-state index in [0.29, 0.717) is 10.6 Å². The summed E-state index contributed by atoms with van der Waals surface area (Å²) in [5.74, 6) is 0.595. The summed E-state index contributed by atoms with van der Waals surface area (Å²) in [7, 11) is 0. The molecule has 0 atom stereocenters. The summed E-state index contributed by atoms with van der Waals surface area (Å²) in [6, 6.07) is 19.4. The molecule has 0 fully saturated rings. The summed E-state index contributed by atoms with van der Waals surface area (Å²) in [6.45, 7) is 0. The van der Waals surface area contributed by atoms with Crippen molar-refractivity contribution in [2.75, 3.05) is 0 Å². The Balaban J connectivity index is 2.44. The molecule has 0 amide bonds. The number of nitrogens with two attached hydrogens (primary N) is 1. The average Bonchev–Trinajstić information content (AvgIpc) is 2.40. The first-order valence-corrected chi connectivity index (χ1v) is 6.32. The number of para-hydroxylation sites is 1.